The topological polar surface area (TPSA) is 63.1 Å². The van der Waals surface area contributed by atoms with Gasteiger partial charge in [-0.25, -0.2) is 4.68 Å². The molecule has 1 aliphatic heterocycles. The fourth-order valence-corrected chi connectivity index (χ4v) is 4.31. The monoisotopic (exact) mass is 353 g/mol. The molecule has 2 aromatic rings. The SMILES string of the molecule is CN1CCC2(CCC(NC(=O)c3cnn(-c4cccnc4)c3)CC2)CC1. The molecule has 1 amide bonds. The molecule has 4 rings (SSSR count). The molecule has 0 atom stereocenters. The molecule has 2 fully saturated rings. The standard InChI is InChI=1S/C20H27N5O/c1-24-11-8-20(9-12-24)6-4-17(5-7-20)23-19(26)16-13-22-25(15-16)18-3-2-10-21-14-18/h2-3,10,13-15,17H,4-9,11-12H2,1H3,(H,23,26). The molecule has 6 nitrogen and oxygen atoms in total. The number of nitrogens with one attached hydrogen (secondary N) is 1. The average molecular weight is 353 g/mol. The van der Waals surface area contributed by atoms with Gasteiger partial charge in [-0.1, -0.05) is 0 Å². The van der Waals surface area contributed by atoms with Crippen molar-refractivity contribution in [3.05, 3.63) is 42.5 Å². The lowest BCUT2D eigenvalue weighted by atomic mass is 9.67. The Morgan fingerprint density at radius 2 is 1.96 bits per heavy atom. The minimum atomic E-state index is -0.0236. The Balaban J connectivity index is 1.33. The third-order valence-corrected chi connectivity index (χ3v) is 6.18. The predicted octanol–water partition coefficient (Wildman–Crippen LogP) is 2.65. The fraction of sp³-hybridized carbons (Fsp3) is 0.550. The Morgan fingerprint density at radius 3 is 2.65 bits per heavy atom. The third kappa shape index (κ3) is 3.65. The van der Waals surface area contributed by atoms with Gasteiger partial charge in [0.2, 0.25) is 0 Å². The number of rotatable bonds is 3. The smallest absolute Gasteiger partial charge is 0.254 e. The van der Waals surface area contributed by atoms with Crippen LogP contribution in [0.25, 0.3) is 5.69 Å². The largest absolute Gasteiger partial charge is 0.349 e. The van der Waals surface area contributed by atoms with Gasteiger partial charge in [-0.05, 0) is 76.2 Å². The van der Waals surface area contributed by atoms with Crippen molar-refractivity contribution in [3.8, 4) is 5.69 Å². The molecule has 0 radical (unpaired) electrons. The first-order valence-electron chi connectivity index (χ1n) is 9.58. The number of aromatic nitrogens is 3. The fourth-order valence-electron chi connectivity index (χ4n) is 4.31. The second kappa shape index (κ2) is 7.19. The Bertz CT molecular complexity index is 739. The van der Waals surface area contributed by atoms with Crippen LogP contribution >= 0.6 is 0 Å². The molecule has 1 spiro atoms. The van der Waals surface area contributed by atoms with Crippen molar-refractivity contribution in [1.82, 2.24) is 25.0 Å². The van der Waals surface area contributed by atoms with Crippen LogP contribution in [0, 0.1) is 5.41 Å². The number of hydrogen-bond donors (Lipinski definition) is 1. The van der Waals surface area contributed by atoms with Crippen LogP contribution < -0.4 is 5.32 Å². The molecule has 6 heteroatoms. The number of hydrogen-bond acceptors (Lipinski definition) is 4. The summed E-state index contributed by atoms with van der Waals surface area (Å²) in [4.78, 5) is 19.1. The first-order valence-corrected chi connectivity index (χ1v) is 9.58. The van der Waals surface area contributed by atoms with Gasteiger partial charge in [0.15, 0.2) is 0 Å². The summed E-state index contributed by atoms with van der Waals surface area (Å²) in [6.45, 7) is 2.43. The third-order valence-electron chi connectivity index (χ3n) is 6.18. The van der Waals surface area contributed by atoms with Gasteiger partial charge in [0.1, 0.15) is 0 Å². The van der Waals surface area contributed by atoms with E-state index in [1.165, 1.54) is 38.8 Å². The quantitative estimate of drug-likeness (QED) is 0.921. The maximum atomic E-state index is 12.6. The van der Waals surface area contributed by atoms with Gasteiger partial charge in [-0.15, -0.1) is 0 Å². The molecule has 0 bridgehead atoms. The van der Waals surface area contributed by atoms with Crippen molar-refractivity contribution >= 4 is 5.91 Å². The van der Waals surface area contributed by atoms with E-state index in [1.807, 2.05) is 12.1 Å². The number of likely N-dealkylation sites (tertiary alicyclic amines) is 1. The minimum absolute atomic E-state index is 0.0236. The van der Waals surface area contributed by atoms with E-state index in [-0.39, 0.29) is 11.9 Å². The van der Waals surface area contributed by atoms with Gasteiger partial charge in [0.05, 0.1) is 23.6 Å². The van der Waals surface area contributed by atoms with E-state index in [0.717, 1.165) is 18.5 Å². The van der Waals surface area contributed by atoms with E-state index in [1.54, 1.807) is 29.5 Å². The summed E-state index contributed by atoms with van der Waals surface area (Å²) in [5, 5.41) is 7.50. The number of amides is 1. The highest BCUT2D eigenvalue weighted by Crippen LogP contribution is 2.44. The molecule has 2 aliphatic rings. The summed E-state index contributed by atoms with van der Waals surface area (Å²) in [6, 6.07) is 4.07. The highest BCUT2D eigenvalue weighted by Gasteiger charge is 2.37. The molecule has 1 saturated heterocycles. The number of carbonyl (C=O) groups excluding carboxylic acids is 1. The van der Waals surface area contributed by atoms with E-state index >= 15 is 0 Å². The number of nitrogens with zero attached hydrogens (tertiary/aromatic N) is 4. The van der Waals surface area contributed by atoms with E-state index in [9.17, 15) is 4.79 Å². The molecular formula is C20H27N5O. The maximum absolute atomic E-state index is 12.6. The van der Waals surface area contributed by atoms with Crippen molar-refractivity contribution in [2.75, 3.05) is 20.1 Å². The molecule has 26 heavy (non-hydrogen) atoms. The van der Waals surface area contributed by atoms with Gasteiger partial charge in [-0.2, -0.15) is 5.10 Å². The van der Waals surface area contributed by atoms with Gasteiger partial charge in [0.25, 0.3) is 5.91 Å². The second-order valence-corrected chi connectivity index (χ2v) is 7.94. The summed E-state index contributed by atoms with van der Waals surface area (Å²) in [6.07, 6.45) is 14.1. The summed E-state index contributed by atoms with van der Waals surface area (Å²) in [5.74, 6) is -0.0236. The van der Waals surface area contributed by atoms with E-state index in [2.05, 4.69) is 27.3 Å². The van der Waals surface area contributed by atoms with E-state index in [4.69, 9.17) is 0 Å². The molecule has 138 valence electrons. The Labute approximate surface area is 154 Å². The molecule has 1 saturated carbocycles. The first-order chi connectivity index (χ1) is 12.6. The zero-order valence-electron chi connectivity index (χ0n) is 15.4. The van der Waals surface area contributed by atoms with Crippen LogP contribution in [-0.4, -0.2) is 51.8 Å². The van der Waals surface area contributed by atoms with Crippen molar-refractivity contribution in [3.63, 3.8) is 0 Å². The predicted molar refractivity (Wildman–Crippen MR) is 100 cm³/mol. The normalized spacial score (nSPS) is 21.0. The summed E-state index contributed by atoms with van der Waals surface area (Å²) < 4.78 is 1.69. The van der Waals surface area contributed by atoms with Crippen LogP contribution in [0.2, 0.25) is 0 Å². The second-order valence-electron chi connectivity index (χ2n) is 7.94. The highest BCUT2D eigenvalue weighted by atomic mass is 16.1. The Morgan fingerprint density at radius 1 is 1.19 bits per heavy atom. The Hall–Kier alpha value is -2.21. The van der Waals surface area contributed by atoms with Crippen molar-refractivity contribution < 1.29 is 4.79 Å². The summed E-state index contributed by atoms with van der Waals surface area (Å²) in [5.41, 5.74) is 1.99. The molecular weight excluding hydrogens is 326 g/mol. The Kier molecular flexibility index (Phi) is 4.76. The lowest BCUT2D eigenvalue weighted by Crippen LogP contribution is -2.44. The molecule has 2 aromatic heterocycles. The average Bonchev–Trinajstić information content (AvgIpc) is 3.17. The van der Waals surface area contributed by atoms with Crippen molar-refractivity contribution in [1.29, 1.82) is 0 Å². The first kappa shape index (κ1) is 17.2. The number of carbonyl (C=O) groups is 1. The molecule has 0 aromatic carbocycles. The lowest BCUT2D eigenvalue weighted by molar-refractivity contribution is 0.0654. The van der Waals surface area contributed by atoms with E-state index in [0.29, 0.717) is 11.0 Å². The van der Waals surface area contributed by atoms with Gasteiger partial charge in [0, 0.05) is 18.4 Å². The van der Waals surface area contributed by atoms with Crippen LogP contribution in [-0.2, 0) is 0 Å². The summed E-state index contributed by atoms with van der Waals surface area (Å²) in [7, 11) is 2.21. The number of pyridine rings is 1. The zero-order valence-corrected chi connectivity index (χ0v) is 15.4. The zero-order chi connectivity index (χ0) is 18.0. The lowest BCUT2D eigenvalue weighted by Gasteiger charge is -2.45. The van der Waals surface area contributed by atoms with Crippen LogP contribution in [0.3, 0.4) is 0 Å². The van der Waals surface area contributed by atoms with Gasteiger partial charge >= 0.3 is 0 Å². The summed E-state index contributed by atoms with van der Waals surface area (Å²) >= 11 is 0. The van der Waals surface area contributed by atoms with E-state index < -0.39 is 0 Å². The van der Waals surface area contributed by atoms with Gasteiger partial charge in [-0.3, -0.25) is 9.78 Å². The van der Waals surface area contributed by atoms with Crippen molar-refractivity contribution in [2.45, 2.75) is 44.6 Å². The maximum Gasteiger partial charge on any atom is 0.254 e. The highest BCUT2D eigenvalue weighted by molar-refractivity contribution is 5.94. The minimum Gasteiger partial charge on any atom is -0.349 e. The van der Waals surface area contributed by atoms with Crippen LogP contribution in [0.1, 0.15) is 48.9 Å². The van der Waals surface area contributed by atoms with Crippen LogP contribution in [0.4, 0.5) is 0 Å². The van der Waals surface area contributed by atoms with Crippen LogP contribution in [0.5, 0.6) is 0 Å². The molecule has 1 aliphatic carbocycles. The number of piperidine rings is 1. The molecule has 3 heterocycles. The van der Waals surface area contributed by atoms with Gasteiger partial charge < -0.3 is 10.2 Å². The molecule has 1 N–H and O–H groups in total. The molecule has 0 unspecified atom stereocenters. The van der Waals surface area contributed by atoms with Crippen LogP contribution in [0.15, 0.2) is 36.9 Å². The van der Waals surface area contributed by atoms with Crippen molar-refractivity contribution in [2.24, 2.45) is 5.41 Å².